The van der Waals surface area contributed by atoms with Gasteiger partial charge >= 0.3 is 29.6 Å². The summed E-state index contributed by atoms with van der Waals surface area (Å²) in [7, 11) is 0. The number of nitrogens with one attached hydrogen (secondary N) is 1. The Morgan fingerprint density at radius 1 is 0.957 bits per heavy atom. The summed E-state index contributed by atoms with van der Waals surface area (Å²) >= 11 is 6.95. The summed E-state index contributed by atoms with van der Waals surface area (Å²) < 4.78 is 0. The van der Waals surface area contributed by atoms with E-state index in [1.54, 1.807) is 0 Å². The zero-order valence-electron chi connectivity index (χ0n) is 14.1. The number of nitrogens with two attached hydrogens (primary N) is 1. The summed E-state index contributed by atoms with van der Waals surface area (Å²) in [6.45, 7) is 1.98. The van der Waals surface area contributed by atoms with Crippen LogP contribution in [-0.2, 0) is 5.54 Å². The van der Waals surface area contributed by atoms with E-state index in [-0.39, 0.29) is 36.2 Å². The molecule has 0 saturated heterocycles. The molecule has 0 atom stereocenters. The number of rotatable bonds is 3. The third-order valence-electron chi connectivity index (χ3n) is 3.06. The number of primary amides is 1. The zero-order chi connectivity index (χ0) is 16.6. The van der Waals surface area contributed by atoms with Crippen molar-refractivity contribution in [3.8, 4) is 0 Å². The Labute approximate surface area is 170 Å². The summed E-state index contributed by atoms with van der Waals surface area (Å²) in [4.78, 5) is 20.4. The molecule has 7 heteroatoms. The number of carbonyl (C=O) groups excluding carboxylic acids is 2. The van der Waals surface area contributed by atoms with Gasteiger partial charge in [-0.05, 0) is 18.1 Å². The van der Waals surface area contributed by atoms with Crippen LogP contribution in [0.4, 0.5) is 9.59 Å². The normalized spacial score (nSPS) is 9.70. The summed E-state index contributed by atoms with van der Waals surface area (Å²) in [6.07, 6.45) is 0. The Hall–Kier alpha value is -0.920. The van der Waals surface area contributed by atoms with Crippen LogP contribution in [0.5, 0.6) is 0 Å². The first-order chi connectivity index (χ1) is 10.4. The molecular formula is C16H19N2NaO2S2. The standard InChI is InChI=1S/C15H15NOS.CH3NOS.Na.H/c1-15(16-14(17)18,12-8-4-2-5-9-12)13-10-6-3-7-11-13;2-1(3)4;;/h2-11H,1H3,(H2,16,17,18);(H3,2,3,4);;/q;;+1;-1. The van der Waals surface area contributed by atoms with Crippen molar-refractivity contribution in [2.24, 2.45) is 5.73 Å². The molecule has 0 aliphatic rings. The Morgan fingerprint density at radius 2 is 1.26 bits per heavy atom. The Kier molecular flexibility index (Phi) is 10.3. The Morgan fingerprint density at radius 3 is 1.52 bits per heavy atom. The fraction of sp³-hybridized carbons (Fsp3) is 0.125. The van der Waals surface area contributed by atoms with Crippen molar-refractivity contribution >= 4 is 35.7 Å². The van der Waals surface area contributed by atoms with Gasteiger partial charge in [-0.25, -0.2) is 0 Å². The van der Waals surface area contributed by atoms with Crippen LogP contribution in [0, 0.1) is 0 Å². The van der Waals surface area contributed by atoms with E-state index < -0.39 is 10.8 Å². The van der Waals surface area contributed by atoms with Crippen LogP contribution in [-0.4, -0.2) is 10.5 Å². The molecule has 0 aromatic heterocycles. The minimum Gasteiger partial charge on any atom is -1.00 e. The van der Waals surface area contributed by atoms with Crippen molar-refractivity contribution in [3.63, 3.8) is 0 Å². The van der Waals surface area contributed by atoms with Gasteiger partial charge in [0, 0.05) is 0 Å². The topological polar surface area (TPSA) is 72.2 Å². The van der Waals surface area contributed by atoms with Crippen LogP contribution in [0.15, 0.2) is 60.7 Å². The molecule has 3 N–H and O–H groups in total. The molecule has 0 saturated carbocycles. The summed E-state index contributed by atoms with van der Waals surface area (Å²) in [5.74, 6) is 0. The van der Waals surface area contributed by atoms with Gasteiger partial charge < -0.3 is 12.5 Å². The third kappa shape index (κ3) is 7.46. The molecule has 2 aromatic carbocycles. The smallest absolute Gasteiger partial charge is 1.00 e. The van der Waals surface area contributed by atoms with Crippen molar-refractivity contribution in [2.75, 3.05) is 0 Å². The number of benzene rings is 2. The number of carbonyl (C=O) groups is 2. The van der Waals surface area contributed by atoms with E-state index in [0.29, 0.717) is 0 Å². The SMILES string of the molecule is CC(NC(=O)S)(c1ccccc1)c1ccccc1.NC(=O)S.[H-].[Na+]. The van der Waals surface area contributed by atoms with Gasteiger partial charge in [0.2, 0.25) is 0 Å². The quantitative estimate of drug-likeness (QED) is 0.482. The van der Waals surface area contributed by atoms with Gasteiger partial charge in [-0.15, -0.1) is 0 Å². The van der Waals surface area contributed by atoms with Crippen LogP contribution >= 0.6 is 25.3 Å². The molecule has 0 heterocycles. The van der Waals surface area contributed by atoms with Gasteiger partial charge in [0.25, 0.3) is 10.5 Å². The molecule has 0 bridgehead atoms. The van der Waals surface area contributed by atoms with Crippen molar-refractivity contribution < 1.29 is 40.6 Å². The van der Waals surface area contributed by atoms with Crippen molar-refractivity contribution in [1.82, 2.24) is 5.32 Å². The van der Waals surface area contributed by atoms with Crippen LogP contribution in [0.3, 0.4) is 0 Å². The number of thiol groups is 2. The monoisotopic (exact) mass is 358 g/mol. The molecule has 0 unspecified atom stereocenters. The molecule has 2 amide bonds. The maximum atomic E-state index is 11.4. The number of amides is 2. The first-order valence-electron chi connectivity index (χ1n) is 6.47. The molecule has 0 aliphatic heterocycles. The fourth-order valence-corrected chi connectivity index (χ4v) is 2.29. The van der Waals surface area contributed by atoms with Gasteiger partial charge in [-0.3, -0.25) is 9.59 Å². The molecule has 23 heavy (non-hydrogen) atoms. The third-order valence-corrected chi connectivity index (χ3v) is 3.17. The van der Waals surface area contributed by atoms with E-state index in [1.165, 1.54) is 0 Å². The summed E-state index contributed by atoms with van der Waals surface area (Å²) in [5.41, 5.74) is 5.82. The summed E-state index contributed by atoms with van der Waals surface area (Å²) in [6, 6.07) is 19.7. The Bertz CT molecular complexity index is 587. The molecular weight excluding hydrogens is 339 g/mol. The average molecular weight is 358 g/mol. The number of hydrogen-bond acceptors (Lipinski definition) is 2. The van der Waals surface area contributed by atoms with Gasteiger partial charge in [-0.1, -0.05) is 85.9 Å². The van der Waals surface area contributed by atoms with Crippen LogP contribution in [0.2, 0.25) is 0 Å². The van der Waals surface area contributed by atoms with Gasteiger partial charge in [-0.2, -0.15) is 0 Å². The number of hydrogen-bond donors (Lipinski definition) is 4. The predicted octanol–water partition coefficient (Wildman–Crippen LogP) is 0.701. The molecule has 2 aromatic rings. The molecule has 0 radical (unpaired) electrons. The fourth-order valence-electron chi connectivity index (χ4n) is 2.07. The van der Waals surface area contributed by atoms with Crippen molar-refractivity contribution in [3.05, 3.63) is 71.8 Å². The molecule has 118 valence electrons. The molecule has 0 spiro atoms. The maximum absolute atomic E-state index is 11.4. The second-order valence-corrected chi connectivity index (χ2v) is 5.47. The average Bonchev–Trinajstić information content (AvgIpc) is 2.48. The molecule has 2 rings (SSSR count). The van der Waals surface area contributed by atoms with E-state index >= 15 is 0 Å². The maximum Gasteiger partial charge on any atom is 1.00 e. The zero-order valence-corrected chi connectivity index (χ0v) is 16.9. The van der Waals surface area contributed by atoms with Crippen LogP contribution < -0.4 is 40.6 Å². The Balaban J connectivity index is 0. The first kappa shape index (κ1) is 22.1. The van der Waals surface area contributed by atoms with E-state index in [4.69, 9.17) is 4.79 Å². The van der Waals surface area contributed by atoms with E-state index in [0.717, 1.165) is 11.1 Å². The van der Waals surface area contributed by atoms with Gasteiger partial charge in [0.15, 0.2) is 0 Å². The minimum absolute atomic E-state index is 0. The van der Waals surface area contributed by atoms with E-state index in [9.17, 15) is 4.79 Å². The van der Waals surface area contributed by atoms with Gasteiger partial charge in [0.05, 0.1) is 5.54 Å². The van der Waals surface area contributed by atoms with Crippen LogP contribution in [0.25, 0.3) is 0 Å². The van der Waals surface area contributed by atoms with Crippen molar-refractivity contribution in [1.29, 1.82) is 0 Å². The molecule has 4 nitrogen and oxygen atoms in total. The second kappa shape index (κ2) is 10.8. The summed E-state index contributed by atoms with van der Waals surface area (Å²) in [5, 5.41) is 1.93. The van der Waals surface area contributed by atoms with Crippen molar-refractivity contribution in [2.45, 2.75) is 12.5 Å². The predicted molar refractivity (Wildman–Crippen MR) is 96.5 cm³/mol. The first-order valence-corrected chi connectivity index (χ1v) is 7.36. The second-order valence-electron chi connectivity index (χ2n) is 4.63. The minimum atomic E-state index is -0.639. The van der Waals surface area contributed by atoms with Crippen LogP contribution in [0.1, 0.15) is 19.5 Å². The largest absolute Gasteiger partial charge is 1.00 e. The van der Waals surface area contributed by atoms with E-state index in [1.807, 2.05) is 67.6 Å². The molecule has 0 aliphatic carbocycles. The molecule has 0 fully saturated rings. The van der Waals surface area contributed by atoms with E-state index in [2.05, 4.69) is 36.3 Å². The van der Waals surface area contributed by atoms with Gasteiger partial charge in [0.1, 0.15) is 0 Å².